The molecule has 0 spiro atoms. The fourth-order valence-corrected chi connectivity index (χ4v) is 2.29. The maximum atomic E-state index is 4.95. The molecule has 24 heavy (non-hydrogen) atoms. The molecule has 0 fully saturated rings. The number of methoxy groups -OCH3 is 1. The number of fused-ring (bicyclic) bond motifs is 1. The number of nitrogens with one attached hydrogen (secondary N) is 1. The van der Waals surface area contributed by atoms with Gasteiger partial charge in [0.2, 0.25) is 0 Å². The smallest absolute Gasteiger partial charge is 0.0646 e. The van der Waals surface area contributed by atoms with Crippen LogP contribution in [0.5, 0.6) is 0 Å². The van der Waals surface area contributed by atoms with Gasteiger partial charge >= 0.3 is 0 Å². The van der Waals surface area contributed by atoms with Gasteiger partial charge in [0.15, 0.2) is 0 Å². The minimum Gasteiger partial charge on any atom is -0.381 e. The second-order valence-electron chi connectivity index (χ2n) is 6.35. The number of allylic oxidation sites excluding steroid dienone is 3. The Labute approximate surface area is 148 Å². The Bertz CT molecular complexity index is 658. The van der Waals surface area contributed by atoms with Crippen molar-refractivity contribution in [3.05, 3.63) is 58.8 Å². The van der Waals surface area contributed by atoms with Crippen LogP contribution in [0.2, 0.25) is 0 Å². The van der Waals surface area contributed by atoms with Crippen LogP contribution in [0, 0.1) is 13.8 Å². The molecule has 0 radical (unpaired) electrons. The van der Waals surface area contributed by atoms with Crippen LogP contribution in [0.4, 0.5) is 0 Å². The van der Waals surface area contributed by atoms with E-state index in [-0.39, 0.29) is 7.43 Å². The van der Waals surface area contributed by atoms with Crippen molar-refractivity contribution in [3.8, 4) is 0 Å². The normalized spacial score (nSPS) is 10.7. The molecule has 1 heterocycles. The number of benzene rings is 1. The van der Waals surface area contributed by atoms with Gasteiger partial charge in [-0.1, -0.05) is 42.4 Å². The Morgan fingerprint density at radius 1 is 1.12 bits per heavy atom. The summed E-state index contributed by atoms with van der Waals surface area (Å²) < 4.78 is 4.95. The molecule has 0 saturated heterocycles. The standard InChI is InChI=1S/C11H20O.C10H11N.CH4/c1-10(2)6-5-7-11(3)8-9-12-4;1-7-3-4-10-9(5-7)8(2)6-11-10;/h6,8H,5,7,9H2,1-4H3;3-6,11H,1-2H3;1H4/b11-8+;;. The molecule has 0 bridgehead atoms. The molecular weight excluding hydrogens is 294 g/mol. The summed E-state index contributed by atoms with van der Waals surface area (Å²) in [4.78, 5) is 3.22. The SMILES string of the molecule is C.COC/C=C(\C)CCC=C(C)C.Cc1ccc2[nH]cc(C)c2c1. The second-order valence-corrected chi connectivity index (χ2v) is 6.35. The molecule has 1 aromatic carbocycles. The lowest BCUT2D eigenvalue weighted by atomic mass is 10.1. The average molecular weight is 330 g/mol. The molecule has 0 unspecified atom stereocenters. The number of hydrogen-bond acceptors (Lipinski definition) is 1. The molecule has 2 rings (SSSR count). The monoisotopic (exact) mass is 329 g/mol. The number of H-pyrrole nitrogens is 1. The Hall–Kier alpha value is -1.80. The third kappa shape index (κ3) is 8.16. The first-order chi connectivity index (χ1) is 10.9. The maximum Gasteiger partial charge on any atom is 0.0646 e. The first kappa shape index (κ1) is 22.2. The van der Waals surface area contributed by atoms with Crippen LogP contribution in [0.25, 0.3) is 10.9 Å². The quantitative estimate of drug-likeness (QED) is 0.603. The summed E-state index contributed by atoms with van der Waals surface area (Å²) in [6, 6.07) is 6.46. The van der Waals surface area contributed by atoms with E-state index >= 15 is 0 Å². The number of ether oxygens (including phenoxy) is 1. The van der Waals surface area contributed by atoms with Crippen LogP contribution in [-0.2, 0) is 4.74 Å². The predicted molar refractivity (Wildman–Crippen MR) is 109 cm³/mol. The molecule has 2 nitrogen and oxygen atoms in total. The molecule has 0 amide bonds. The number of aromatic nitrogens is 1. The predicted octanol–water partition coefficient (Wildman–Crippen LogP) is 6.75. The molecule has 0 aliphatic carbocycles. The van der Waals surface area contributed by atoms with Gasteiger partial charge < -0.3 is 9.72 Å². The van der Waals surface area contributed by atoms with Crippen molar-refractivity contribution in [1.82, 2.24) is 4.98 Å². The molecule has 2 aromatic rings. The van der Waals surface area contributed by atoms with Crippen LogP contribution < -0.4 is 0 Å². The summed E-state index contributed by atoms with van der Waals surface area (Å²) in [5.74, 6) is 0. The number of aryl methyl sites for hydroxylation is 2. The van der Waals surface area contributed by atoms with Crippen LogP contribution >= 0.6 is 0 Å². The van der Waals surface area contributed by atoms with E-state index in [0.717, 1.165) is 19.4 Å². The molecule has 0 aliphatic rings. The lowest BCUT2D eigenvalue weighted by molar-refractivity contribution is 0.233. The zero-order valence-corrected chi connectivity index (χ0v) is 15.5. The Balaban J connectivity index is 0.000000423. The van der Waals surface area contributed by atoms with Gasteiger partial charge in [-0.2, -0.15) is 0 Å². The molecule has 2 heteroatoms. The highest BCUT2D eigenvalue weighted by Gasteiger charge is 1.97. The molecule has 1 N–H and O–H groups in total. The fourth-order valence-electron chi connectivity index (χ4n) is 2.29. The lowest BCUT2D eigenvalue weighted by Crippen LogP contribution is -1.84. The topological polar surface area (TPSA) is 25.0 Å². The zero-order valence-electron chi connectivity index (χ0n) is 15.5. The molecular formula is C22H35NO. The third-order valence-corrected chi connectivity index (χ3v) is 3.73. The lowest BCUT2D eigenvalue weighted by Gasteiger charge is -1.98. The van der Waals surface area contributed by atoms with Crippen molar-refractivity contribution in [2.75, 3.05) is 13.7 Å². The van der Waals surface area contributed by atoms with Gasteiger partial charge in [0.1, 0.15) is 0 Å². The molecule has 1 aromatic heterocycles. The van der Waals surface area contributed by atoms with E-state index in [4.69, 9.17) is 4.74 Å². The first-order valence-corrected chi connectivity index (χ1v) is 8.26. The van der Waals surface area contributed by atoms with E-state index in [0.29, 0.717) is 0 Å². The van der Waals surface area contributed by atoms with Gasteiger partial charge in [-0.05, 0) is 65.2 Å². The van der Waals surface area contributed by atoms with Gasteiger partial charge in [-0.3, -0.25) is 0 Å². The molecule has 0 aliphatic heterocycles. The van der Waals surface area contributed by atoms with Crippen molar-refractivity contribution in [3.63, 3.8) is 0 Å². The minimum absolute atomic E-state index is 0. The van der Waals surface area contributed by atoms with E-state index in [9.17, 15) is 0 Å². The van der Waals surface area contributed by atoms with E-state index in [1.807, 2.05) is 6.20 Å². The van der Waals surface area contributed by atoms with E-state index < -0.39 is 0 Å². The largest absolute Gasteiger partial charge is 0.381 e. The van der Waals surface area contributed by atoms with Gasteiger partial charge in [-0.25, -0.2) is 0 Å². The maximum absolute atomic E-state index is 4.95. The first-order valence-electron chi connectivity index (χ1n) is 8.26. The molecule has 0 atom stereocenters. The van der Waals surface area contributed by atoms with E-state index in [2.05, 4.69) is 70.0 Å². The summed E-state index contributed by atoms with van der Waals surface area (Å²) in [6.45, 7) is 11.4. The highest BCUT2D eigenvalue weighted by molar-refractivity contribution is 5.83. The van der Waals surface area contributed by atoms with Crippen molar-refractivity contribution in [2.45, 2.75) is 54.9 Å². The van der Waals surface area contributed by atoms with Gasteiger partial charge in [-0.15, -0.1) is 0 Å². The third-order valence-electron chi connectivity index (χ3n) is 3.73. The summed E-state index contributed by atoms with van der Waals surface area (Å²) in [5, 5.41) is 1.34. The van der Waals surface area contributed by atoms with Crippen molar-refractivity contribution in [1.29, 1.82) is 0 Å². The number of aromatic amines is 1. The van der Waals surface area contributed by atoms with Gasteiger partial charge in [0.05, 0.1) is 6.61 Å². The zero-order chi connectivity index (χ0) is 17.2. The number of rotatable bonds is 5. The Morgan fingerprint density at radius 2 is 1.83 bits per heavy atom. The fraction of sp³-hybridized carbons (Fsp3) is 0.455. The average Bonchev–Trinajstić information content (AvgIpc) is 2.86. The second kappa shape index (κ2) is 11.7. The van der Waals surface area contributed by atoms with Crippen molar-refractivity contribution in [2.24, 2.45) is 0 Å². The van der Waals surface area contributed by atoms with E-state index in [1.54, 1.807) is 7.11 Å². The van der Waals surface area contributed by atoms with Gasteiger partial charge in [0.25, 0.3) is 0 Å². The van der Waals surface area contributed by atoms with Crippen LogP contribution in [-0.4, -0.2) is 18.7 Å². The molecule has 134 valence electrons. The van der Waals surface area contributed by atoms with Crippen LogP contribution in [0.15, 0.2) is 47.7 Å². The highest BCUT2D eigenvalue weighted by atomic mass is 16.5. The van der Waals surface area contributed by atoms with Crippen molar-refractivity contribution < 1.29 is 4.74 Å². The summed E-state index contributed by atoms with van der Waals surface area (Å²) in [6.07, 6.45) is 8.75. The van der Waals surface area contributed by atoms with Crippen molar-refractivity contribution >= 4 is 10.9 Å². The van der Waals surface area contributed by atoms with Gasteiger partial charge in [0, 0.05) is 24.2 Å². The summed E-state index contributed by atoms with van der Waals surface area (Å²) in [7, 11) is 1.72. The Kier molecular flexibility index (Phi) is 10.8. The Morgan fingerprint density at radius 3 is 2.46 bits per heavy atom. The van der Waals surface area contributed by atoms with Crippen LogP contribution in [0.3, 0.4) is 0 Å². The minimum atomic E-state index is 0. The summed E-state index contributed by atoms with van der Waals surface area (Å²) in [5.41, 5.74) is 6.68. The highest BCUT2D eigenvalue weighted by Crippen LogP contribution is 2.18. The van der Waals surface area contributed by atoms with Crippen LogP contribution in [0.1, 0.15) is 52.2 Å². The summed E-state index contributed by atoms with van der Waals surface area (Å²) >= 11 is 0. The molecule has 0 saturated carbocycles. The number of hydrogen-bond donors (Lipinski definition) is 1. The van der Waals surface area contributed by atoms with E-state index in [1.165, 1.54) is 33.2 Å².